The predicted molar refractivity (Wildman–Crippen MR) is 153 cm³/mol. The molecule has 186 valence electrons. The average Bonchev–Trinajstić information content (AvgIpc) is 3.14. The van der Waals surface area contributed by atoms with Crippen LogP contribution in [-0.2, 0) is 11.4 Å². The van der Waals surface area contributed by atoms with E-state index >= 15 is 0 Å². The van der Waals surface area contributed by atoms with Crippen LogP contribution in [0.2, 0.25) is 10.0 Å². The molecule has 1 heterocycles. The molecule has 9 heteroatoms. The van der Waals surface area contributed by atoms with Crippen molar-refractivity contribution in [3.8, 4) is 11.5 Å². The van der Waals surface area contributed by atoms with Gasteiger partial charge in [-0.25, -0.2) is 4.99 Å². The van der Waals surface area contributed by atoms with Gasteiger partial charge >= 0.3 is 0 Å². The van der Waals surface area contributed by atoms with E-state index in [0.717, 1.165) is 23.2 Å². The standard InChI is InChI=1S/C27H23BrCl2N2O3S/c1-3-12-32-26(33)24(36-27(32)31-20-10-8-19(29)9-11-20)15-17-13-21(28)25(23(14-17)34-2)35-16-18-6-4-5-7-22(18)30/h4-11,13-15H,3,12,16H2,1-2H3/b24-15-,31-27?. The predicted octanol–water partition coefficient (Wildman–Crippen LogP) is 8.36. The highest BCUT2D eigenvalue weighted by Crippen LogP contribution is 2.40. The highest BCUT2D eigenvalue weighted by atomic mass is 79.9. The van der Waals surface area contributed by atoms with Crippen LogP contribution in [0.5, 0.6) is 11.5 Å². The van der Waals surface area contributed by atoms with Crippen LogP contribution in [-0.4, -0.2) is 29.6 Å². The fraction of sp³-hybridized carbons (Fsp3) is 0.185. The Labute approximate surface area is 233 Å². The van der Waals surface area contributed by atoms with Crippen LogP contribution in [0.3, 0.4) is 0 Å². The van der Waals surface area contributed by atoms with Gasteiger partial charge in [-0.1, -0.05) is 48.3 Å². The molecule has 1 amide bonds. The number of hydrogen-bond acceptors (Lipinski definition) is 5. The number of aliphatic imine (C=N–C) groups is 1. The molecule has 1 fully saturated rings. The quantitative estimate of drug-likeness (QED) is 0.242. The molecule has 0 N–H and O–H groups in total. The smallest absolute Gasteiger partial charge is 0.266 e. The molecule has 1 aliphatic rings. The summed E-state index contributed by atoms with van der Waals surface area (Å²) in [5.74, 6) is 1.02. The number of carbonyl (C=O) groups is 1. The van der Waals surface area contributed by atoms with E-state index in [1.54, 1.807) is 24.1 Å². The SMILES string of the molecule is CCCN1C(=O)/C(=C/c2cc(Br)c(OCc3ccccc3Cl)c(OC)c2)SC1=Nc1ccc(Cl)cc1. The van der Waals surface area contributed by atoms with Gasteiger partial charge in [-0.05, 0) is 88.2 Å². The summed E-state index contributed by atoms with van der Waals surface area (Å²) in [7, 11) is 1.58. The van der Waals surface area contributed by atoms with Crippen molar-refractivity contribution < 1.29 is 14.3 Å². The van der Waals surface area contributed by atoms with E-state index in [1.807, 2.05) is 61.5 Å². The second kappa shape index (κ2) is 12.2. The Morgan fingerprint density at radius 2 is 1.86 bits per heavy atom. The first-order valence-corrected chi connectivity index (χ1v) is 13.6. The largest absolute Gasteiger partial charge is 0.493 e. The molecule has 0 saturated carbocycles. The van der Waals surface area contributed by atoms with Gasteiger partial charge < -0.3 is 9.47 Å². The molecule has 0 radical (unpaired) electrons. The summed E-state index contributed by atoms with van der Waals surface area (Å²) < 4.78 is 12.3. The van der Waals surface area contributed by atoms with Gasteiger partial charge in [0.15, 0.2) is 16.7 Å². The molecular formula is C27H23BrCl2N2O3S. The summed E-state index contributed by atoms with van der Waals surface area (Å²) in [6.45, 7) is 2.90. The Hall–Kier alpha value is -2.45. The van der Waals surface area contributed by atoms with Gasteiger partial charge in [0, 0.05) is 22.2 Å². The number of benzene rings is 3. The van der Waals surface area contributed by atoms with Gasteiger partial charge in [0.05, 0.1) is 22.2 Å². The van der Waals surface area contributed by atoms with E-state index in [4.69, 9.17) is 32.7 Å². The van der Waals surface area contributed by atoms with Crippen LogP contribution >= 0.6 is 50.9 Å². The third-order valence-corrected chi connectivity index (χ3v) is 7.48. The first-order valence-electron chi connectivity index (χ1n) is 11.2. The number of hydrogen-bond donors (Lipinski definition) is 0. The normalized spacial score (nSPS) is 15.7. The number of amides is 1. The van der Waals surface area contributed by atoms with Crippen LogP contribution in [0.15, 0.2) is 75.0 Å². The molecule has 1 aliphatic heterocycles. The number of ether oxygens (including phenoxy) is 2. The summed E-state index contributed by atoms with van der Waals surface area (Å²) in [5.41, 5.74) is 2.40. The zero-order chi connectivity index (χ0) is 25.7. The number of halogens is 3. The minimum Gasteiger partial charge on any atom is -0.493 e. The van der Waals surface area contributed by atoms with Crippen LogP contribution in [0.1, 0.15) is 24.5 Å². The first-order chi connectivity index (χ1) is 17.4. The molecule has 3 aromatic carbocycles. The zero-order valence-corrected chi connectivity index (χ0v) is 23.5. The van der Waals surface area contributed by atoms with Gasteiger partial charge in [0.25, 0.3) is 5.91 Å². The van der Waals surface area contributed by atoms with Gasteiger partial charge in [0.2, 0.25) is 0 Å². The molecule has 36 heavy (non-hydrogen) atoms. The highest BCUT2D eigenvalue weighted by molar-refractivity contribution is 9.10. The number of carbonyl (C=O) groups excluding carboxylic acids is 1. The Balaban J connectivity index is 1.60. The molecule has 1 saturated heterocycles. The molecule has 4 rings (SSSR count). The maximum atomic E-state index is 13.2. The highest BCUT2D eigenvalue weighted by Gasteiger charge is 2.33. The van der Waals surface area contributed by atoms with Crippen LogP contribution < -0.4 is 9.47 Å². The molecular weight excluding hydrogens is 583 g/mol. The Bertz CT molecular complexity index is 1330. The number of rotatable bonds is 8. The van der Waals surface area contributed by atoms with Crippen molar-refractivity contribution in [2.45, 2.75) is 20.0 Å². The monoisotopic (exact) mass is 604 g/mol. The van der Waals surface area contributed by atoms with Crippen LogP contribution in [0.4, 0.5) is 5.69 Å². The van der Waals surface area contributed by atoms with Crippen LogP contribution in [0.25, 0.3) is 6.08 Å². The van der Waals surface area contributed by atoms with Gasteiger partial charge in [-0.15, -0.1) is 0 Å². The Morgan fingerprint density at radius 1 is 1.11 bits per heavy atom. The van der Waals surface area contributed by atoms with Crippen molar-refractivity contribution in [2.24, 2.45) is 4.99 Å². The summed E-state index contributed by atoms with van der Waals surface area (Å²) >= 11 is 17.2. The molecule has 5 nitrogen and oxygen atoms in total. The minimum atomic E-state index is -0.0799. The van der Waals surface area contributed by atoms with Crippen molar-refractivity contribution in [1.82, 2.24) is 4.90 Å². The second-order valence-corrected chi connectivity index (χ2v) is 10.6. The lowest BCUT2D eigenvalue weighted by Crippen LogP contribution is -2.29. The summed E-state index contributed by atoms with van der Waals surface area (Å²) in [6, 6.07) is 18.5. The van der Waals surface area contributed by atoms with E-state index in [2.05, 4.69) is 20.9 Å². The molecule has 0 aromatic heterocycles. The van der Waals surface area contributed by atoms with Crippen molar-refractivity contribution in [1.29, 1.82) is 0 Å². The fourth-order valence-corrected chi connectivity index (χ4v) is 5.43. The molecule has 0 atom stereocenters. The van der Waals surface area contributed by atoms with E-state index < -0.39 is 0 Å². The lowest BCUT2D eigenvalue weighted by Gasteiger charge is -2.14. The lowest BCUT2D eigenvalue weighted by atomic mass is 10.1. The van der Waals surface area contributed by atoms with Crippen molar-refractivity contribution in [3.63, 3.8) is 0 Å². The fourth-order valence-electron chi connectivity index (χ4n) is 3.52. The lowest BCUT2D eigenvalue weighted by molar-refractivity contribution is -0.122. The topological polar surface area (TPSA) is 51.1 Å². The van der Waals surface area contributed by atoms with Gasteiger partial charge in [-0.3, -0.25) is 9.69 Å². The summed E-state index contributed by atoms with van der Waals surface area (Å²) in [6.07, 6.45) is 2.65. The maximum absolute atomic E-state index is 13.2. The molecule has 0 spiro atoms. The van der Waals surface area contributed by atoms with E-state index in [1.165, 1.54) is 11.8 Å². The zero-order valence-electron chi connectivity index (χ0n) is 19.6. The van der Waals surface area contributed by atoms with Crippen molar-refractivity contribution in [2.75, 3.05) is 13.7 Å². The third-order valence-electron chi connectivity index (χ3n) is 5.27. The summed E-state index contributed by atoms with van der Waals surface area (Å²) in [4.78, 5) is 20.2. The van der Waals surface area contributed by atoms with Crippen molar-refractivity contribution in [3.05, 3.63) is 91.2 Å². The second-order valence-electron chi connectivity index (χ2n) is 7.85. The van der Waals surface area contributed by atoms with Gasteiger partial charge in [0.1, 0.15) is 6.61 Å². The molecule has 0 aliphatic carbocycles. The third kappa shape index (κ3) is 6.27. The number of nitrogens with zero attached hydrogens (tertiary/aromatic N) is 2. The average molecular weight is 606 g/mol. The van der Waals surface area contributed by atoms with E-state index in [0.29, 0.717) is 49.2 Å². The van der Waals surface area contributed by atoms with Crippen molar-refractivity contribution >= 4 is 73.7 Å². The minimum absolute atomic E-state index is 0.0799. The number of methoxy groups -OCH3 is 1. The molecule has 0 unspecified atom stereocenters. The maximum Gasteiger partial charge on any atom is 0.266 e. The Kier molecular flexibility index (Phi) is 9.01. The van der Waals surface area contributed by atoms with Crippen LogP contribution in [0, 0.1) is 0 Å². The molecule has 0 bridgehead atoms. The Morgan fingerprint density at radius 3 is 2.56 bits per heavy atom. The van der Waals surface area contributed by atoms with E-state index in [-0.39, 0.29) is 5.91 Å². The molecule has 3 aromatic rings. The first kappa shape index (κ1) is 26.6. The number of amidine groups is 1. The number of thioether (sulfide) groups is 1. The summed E-state index contributed by atoms with van der Waals surface area (Å²) in [5, 5.41) is 1.92. The van der Waals surface area contributed by atoms with Gasteiger partial charge in [-0.2, -0.15) is 0 Å². The van der Waals surface area contributed by atoms with E-state index in [9.17, 15) is 4.79 Å².